The summed E-state index contributed by atoms with van der Waals surface area (Å²) < 4.78 is 15.9. The minimum Gasteiger partial charge on any atom is -0.497 e. The summed E-state index contributed by atoms with van der Waals surface area (Å²) in [6, 6.07) is 12.9. The van der Waals surface area contributed by atoms with Crippen molar-refractivity contribution >= 4 is 17.7 Å². The van der Waals surface area contributed by atoms with Crippen LogP contribution >= 0.6 is 0 Å². The zero-order valence-electron chi connectivity index (χ0n) is 15.6. The summed E-state index contributed by atoms with van der Waals surface area (Å²) in [4.78, 5) is 22.2. The Morgan fingerprint density at radius 1 is 1.14 bits per heavy atom. The van der Waals surface area contributed by atoms with Crippen LogP contribution in [0.3, 0.4) is 0 Å². The molecule has 3 aromatic rings. The largest absolute Gasteiger partial charge is 0.497 e. The highest BCUT2D eigenvalue weighted by molar-refractivity contribution is 5.87. The number of ether oxygens (including phenoxy) is 2. The van der Waals surface area contributed by atoms with Crippen molar-refractivity contribution in [3.63, 3.8) is 0 Å². The predicted molar refractivity (Wildman–Crippen MR) is 103 cm³/mol. The summed E-state index contributed by atoms with van der Waals surface area (Å²) >= 11 is 0. The van der Waals surface area contributed by atoms with E-state index in [2.05, 4.69) is 10.2 Å². The van der Waals surface area contributed by atoms with Gasteiger partial charge < -0.3 is 13.9 Å². The molecule has 9 heteroatoms. The Morgan fingerprint density at radius 2 is 1.83 bits per heavy atom. The average Bonchev–Trinajstić information content (AvgIpc) is 3.23. The van der Waals surface area contributed by atoms with Gasteiger partial charge in [0.05, 0.1) is 12.0 Å². The van der Waals surface area contributed by atoms with Gasteiger partial charge in [-0.15, -0.1) is 10.2 Å². The monoisotopic (exact) mass is 395 g/mol. The Bertz CT molecular complexity index is 1030. The van der Waals surface area contributed by atoms with E-state index in [0.717, 1.165) is 11.3 Å². The van der Waals surface area contributed by atoms with Crippen LogP contribution in [0.2, 0.25) is 0 Å². The third kappa shape index (κ3) is 5.04. The smallest absolute Gasteiger partial charge is 0.331 e. The second-order valence-corrected chi connectivity index (χ2v) is 5.94. The fourth-order valence-electron chi connectivity index (χ4n) is 2.38. The quantitative estimate of drug-likeness (QED) is 0.255. The average molecular weight is 395 g/mol. The second kappa shape index (κ2) is 8.79. The van der Waals surface area contributed by atoms with Crippen LogP contribution in [0.5, 0.6) is 5.75 Å². The van der Waals surface area contributed by atoms with Crippen LogP contribution in [0, 0.1) is 10.1 Å². The molecule has 3 rings (SSSR count). The molecule has 0 amide bonds. The molecule has 0 aliphatic heterocycles. The van der Waals surface area contributed by atoms with Gasteiger partial charge in [-0.25, -0.2) is 4.79 Å². The van der Waals surface area contributed by atoms with Crippen molar-refractivity contribution < 1.29 is 23.6 Å². The number of hydrogen-bond acceptors (Lipinski definition) is 8. The van der Waals surface area contributed by atoms with Crippen LogP contribution in [0.25, 0.3) is 17.5 Å². The molecule has 9 nitrogen and oxygen atoms in total. The first-order valence-electron chi connectivity index (χ1n) is 8.57. The van der Waals surface area contributed by atoms with Gasteiger partial charge in [0.2, 0.25) is 5.89 Å². The van der Waals surface area contributed by atoms with Crippen LogP contribution < -0.4 is 4.74 Å². The van der Waals surface area contributed by atoms with Gasteiger partial charge in [0.25, 0.3) is 11.6 Å². The van der Waals surface area contributed by atoms with Crippen molar-refractivity contribution in [2.75, 3.05) is 7.11 Å². The molecule has 1 heterocycles. The van der Waals surface area contributed by atoms with Crippen LogP contribution in [0.15, 0.2) is 59.0 Å². The van der Waals surface area contributed by atoms with E-state index in [1.165, 1.54) is 30.3 Å². The Balaban J connectivity index is 1.61. The van der Waals surface area contributed by atoms with Crippen molar-refractivity contribution in [1.82, 2.24) is 10.2 Å². The van der Waals surface area contributed by atoms with Gasteiger partial charge in [0.1, 0.15) is 5.75 Å². The van der Waals surface area contributed by atoms with Crippen molar-refractivity contribution in [2.24, 2.45) is 0 Å². The van der Waals surface area contributed by atoms with Crippen molar-refractivity contribution in [3.05, 3.63) is 76.2 Å². The Kier molecular flexibility index (Phi) is 5.98. The molecule has 0 aliphatic rings. The van der Waals surface area contributed by atoms with E-state index in [0.29, 0.717) is 5.56 Å². The molecule has 0 bridgehead atoms. The van der Waals surface area contributed by atoms with Crippen molar-refractivity contribution in [1.29, 1.82) is 0 Å². The number of nitro groups is 1. The lowest BCUT2D eigenvalue weighted by Crippen LogP contribution is -2.06. The SMILES string of the molecule is COc1ccc(/C=C/C(=O)O[C@@H](C)c2nnc(-c3ccc([N+](=O)[O-])cc3)o2)cc1. The highest BCUT2D eigenvalue weighted by atomic mass is 16.6. The Morgan fingerprint density at radius 3 is 2.45 bits per heavy atom. The van der Waals surface area contributed by atoms with Crippen LogP contribution in [-0.2, 0) is 9.53 Å². The molecule has 2 aromatic carbocycles. The van der Waals surface area contributed by atoms with Crippen LogP contribution in [0.4, 0.5) is 5.69 Å². The number of hydrogen-bond donors (Lipinski definition) is 0. The third-order valence-corrected chi connectivity index (χ3v) is 3.93. The number of non-ortho nitro benzene ring substituents is 1. The minimum absolute atomic E-state index is 0.0422. The number of nitrogens with zero attached hydrogens (tertiary/aromatic N) is 3. The summed E-state index contributed by atoms with van der Waals surface area (Å²) in [5.41, 5.74) is 1.29. The van der Waals surface area contributed by atoms with E-state index in [9.17, 15) is 14.9 Å². The lowest BCUT2D eigenvalue weighted by molar-refractivity contribution is -0.384. The van der Waals surface area contributed by atoms with Gasteiger partial charge in [-0.05, 0) is 42.8 Å². The summed E-state index contributed by atoms with van der Waals surface area (Å²) in [5, 5.41) is 18.5. The second-order valence-electron chi connectivity index (χ2n) is 5.94. The minimum atomic E-state index is -0.762. The van der Waals surface area contributed by atoms with E-state index in [4.69, 9.17) is 13.9 Å². The topological polar surface area (TPSA) is 118 Å². The molecular formula is C20H17N3O6. The van der Waals surface area contributed by atoms with Gasteiger partial charge in [-0.3, -0.25) is 10.1 Å². The van der Waals surface area contributed by atoms with Gasteiger partial charge in [0, 0.05) is 23.8 Å². The number of methoxy groups -OCH3 is 1. The van der Waals surface area contributed by atoms with E-state index < -0.39 is 17.0 Å². The van der Waals surface area contributed by atoms with E-state index in [1.54, 1.807) is 44.4 Å². The van der Waals surface area contributed by atoms with Gasteiger partial charge in [-0.2, -0.15) is 0 Å². The van der Waals surface area contributed by atoms with E-state index in [-0.39, 0.29) is 17.5 Å². The predicted octanol–water partition coefficient (Wildman–Crippen LogP) is 3.97. The number of carbonyl (C=O) groups excluding carboxylic acids is 1. The van der Waals surface area contributed by atoms with Gasteiger partial charge in [-0.1, -0.05) is 12.1 Å². The standard InChI is InChI=1S/C20H17N3O6/c1-13(28-18(24)12-5-14-3-10-17(27-2)11-4-14)19-21-22-20(29-19)15-6-8-16(9-7-15)23(25)26/h3-13H,1-2H3/b12-5+/t13-/m0/s1. The first kappa shape index (κ1) is 19.7. The maximum atomic E-state index is 12.0. The summed E-state index contributed by atoms with van der Waals surface area (Å²) in [6.07, 6.45) is 2.15. The number of esters is 1. The molecule has 148 valence electrons. The lowest BCUT2D eigenvalue weighted by atomic mass is 10.2. The van der Waals surface area contributed by atoms with E-state index >= 15 is 0 Å². The van der Waals surface area contributed by atoms with Crippen LogP contribution in [-0.4, -0.2) is 28.2 Å². The molecule has 0 saturated heterocycles. The lowest BCUT2D eigenvalue weighted by Gasteiger charge is -2.06. The number of rotatable bonds is 7. The fraction of sp³-hybridized carbons (Fsp3) is 0.150. The molecule has 0 aliphatic carbocycles. The highest BCUT2D eigenvalue weighted by Crippen LogP contribution is 2.24. The third-order valence-electron chi connectivity index (χ3n) is 3.93. The van der Waals surface area contributed by atoms with Gasteiger partial charge >= 0.3 is 5.97 Å². The molecule has 0 fully saturated rings. The molecule has 1 aromatic heterocycles. The number of nitro benzene ring substituents is 1. The van der Waals surface area contributed by atoms with Gasteiger partial charge in [0.15, 0.2) is 6.10 Å². The maximum Gasteiger partial charge on any atom is 0.331 e. The first-order chi connectivity index (χ1) is 14.0. The molecule has 0 spiro atoms. The van der Waals surface area contributed by atoms with Crippen molar-refractivity contribution in [3.8, 4) is 17.2 Å². The summed E-state index contributed by atoms with van der Waals surface area (Å²) in [5.74, 6) is 0.443. The molecule has 0 saturated carbocycles. The Labute approximate surface area is 165 Å². The van der Waals surface area contributed by atoms with E-state index in [1.807, 2.05) is 0 Å². The number of aromatic nitrogens is 2. The fourth-order valence-corrected chi connectivity index (χ4v) is 2.38. The zero-order valence-corrected chi connectivity index (χ0v) is 15.6. The number of carbonyl (C=O) groups is 1. The zero-order chi connectivity index (χ0) is 20.8. The molecule has 0 unspecified atom stereocenters. The number of benzene rings is 2. The first-order valence-corrected chi connectivity index (χ1v) is 8.57. The molecule has 29 heavy (non-hydrogen) atoms. The molecular weight excluding hydrogens is 378 g/mol. The molecule has 1 atom stereocenters. The summed E-state index contributed by atoms with van der Waals surface area (Å²) in [7, 11) is 1.58. The normalized spacial score (nSPS) is 11.9. The molecule has 0 N–H and O–H groups in total. The highest BCUT2D eigenvalue weighted by Gasteiger charge is 2.18. The van der Waals surface area contributed by atoms with Crippen LogP contribution in [0.1, 0.15) is 24.5 Å². The summed E-state index contributed by atoms with van der Waals surface area (Å²) in [6.45, 7) is 1.60. The Hall–Kier alpha value is -4.01. The maximum absolute atomic E-state index is 12.0. The molecule has 0 radical (unpaired) electrons. The van der Waals surface area contributed by atoms with Crippen molar-refractivity contribution in [2.45, 2.75) is 13.0 Å².